The Bertz CT molecular complexity index is 1390. The first kappa shape index (κ1) is 28.1. The molecule has 4 N–H and O–H groups in total. The lowest BCUT2D eigenvalue weighted by Gasteiger charge is -2.30. The van der Waals surface area contributed by atoms with Crippen molar-refractivity contribution in [3.8, 4) is 11.3 Å². The molecule has 1 aromatic carbocycles. The molecule has 2 aliphatic heterocycles. The minimum atomic E-state index is -0.533. The van der Waals surface area contributed by atoms with Gasteiger partial charge >= 0.3 is 6.09 Å². The summed E-state index contributed by atoms with van der Waals surface area (Å²) in [5, 5.41) is 5.86. The van der Waals surface area contributed by atoms with E-state index in [1.54, 1.807) is 18.6 Å². The first-order chi connectivity index (χ1) is 19.7. The van der Waals surface area contributed by atoms with E-state index in [1.807, 2.05) is 51.1 Å². The van der Waals surface area contributed by atoms with E-state index >= 15 is 0 Å². The molecule has 2 saturated heterocycles. The van der Waals surface area contributed by atoms with E-state index in [-0.39, 0.29) is 17.6 Å². The number of rotatable bonds is 6. The van der Waals surface area contributed by atoms with Gasteiger partial charge in [0.2, 0.25) is 0 Å². The summed E-state index contributed by atoms with van der Waals surface area (Å²) in [5.74, 6) is -0.420. The van der Waals surface area contributed by atoms with Crippen molar-refractivity contribution in [3.63, 3.8) is 0 Å². The molecule has 5 rings (SSSR count). The van der Waals surface area contributed by atoms with Gasteiger partial charge in [0.15, 0.2) is 11.5 Å². The monoisotopic (exact) mass is 560 g/mol. The molecule has 2 aromatic heterocycles. The van der Waals surface area contributed by atoms with Crippen LogP contribution in [-0.4, -0.2) is 78.0 Å². The number of hydrogen-bond acceptors (Lipinski definition) is 10. The van der Waals surface area contributed by atoms with Gasteiger partial charge in [-0.3, -0.25) is 9.78 Å². The van der Waals surface area contributed by atoms with Crippen LogP contribution < -0.4 is 26.2 Å². The maximum absolute atomic E-state index is 13.3. The quantitative estimate of drug-likeness (QED) is 0.410. The molecule has 4 heterocycles. The topological polar surface area (TPSA) is 148 Å². The Morgan fingerprint density at radius 1 is 1.05 bits per heavy atom. The number of aromatic nitrogens is 3. The number of hydrogen-bond donors (Lipinski definition) is 3. The number of nitrogen functional groups attached to an aromatic ring is 1. The number of benzene rings is 1. The predicted octanol–water partition coefficient (Wildman–Crippen LogP) is 3.31. The molecule has 12 heteroatoms. The Balaban J connectivity index is 1.25. The van der Waals surface area contributed by atoms with Crippen molar-refractivity contribution in [2.75, 3.05) is 60.2 Å². The molecular weight excluding hydrogens is 524 g/mol. The molecule has 0 bridgehead atoms. The van der Waals surface area contributed by atoms with Crippen LogP contribution in [0.5, 0.6) is 0 Å². The average molecular weight is 561 g/mol. The number of nitrogens with zero attached hydrogens (tertiary/aromatic N) is 5. The van der Waals surface area contributed by atoms with E-state index < -0.39 is 17.6 Å². The zero-order chi connectivity index (χ0) is 29.0. The summed E-state index contributed by atoms with van der Waals surface area (Å²) in [7, 11) is 0. The van der Waals surface area contributed by atoms with Crippen molar-refractivity contribution in [3.05, 3.63) is 54.6 Å². The fraction of sp³-hybridized carbons (Fsp3) is 0.414. The molecule has 0 unspecified atom stereocenters. The number of ether oxygens (including phenoxy) is 2. The lowest BCUT2D eigenvalue weighted by molar-refractivity contribution is 0.0509. The third kappa shape index (κ3) is 7.01. The molecule has 0 radical (unpaired) electrons. The van der Waals surface area contributed by atoms with Gasteiger partial charge in [-0.25, -0.2) is 14.8 Å². The highest BCUT2D eigenvalue weighted by atomic mass is 16.6. The van der Waals surface area contributed by atoms with E-state index in [4.69, 9.17) is 15.2 Å². The molecular formula is C29H36N8O4. The van der Waals surface area contributed by atoms with Crippen LogP contribution in [0.2, 0.25) is 0 Å². The lowest BCUT2D eigenvalue weighted by atomic mass is 10.1. The van der Waals surface area contributed by atoms with Crippen molar-refractivity contribution < 1.29 is 19.1 Å². The highest BCUT2D eigenvalue weighted by molar-refractivity contribution is 6.07. The zero-order valence-electron chi connectivity index (χ0n) is 23.6. The summed E-state index contributed by atoms with van der Waals surface area (Å²) >= 11 is 0. The Kier molecular flexibility index (Phi) is 8.20. The molecule has 0 saturated carbocycles. The van der Waals surface area contributed by atoms with Crippen LogP contribution in [0.1, 0.15) is 37.7 Å². The van der Waals surface area contributed by atoms with Crippen LogP contribution in [0, 0.1) is 0 Å². The second-order valence-electron chi connectivity index (χ2n) is 11.1. The van der Waals surface area contributed by atoms with Gasteiger partial charge in [-0.1, -0.05) is 12.1 Å². The maximum Gasteiger partial charge on any atom is 0.407 e. The maximum atomic E-state index is 13.3. The number of morpholine rings is 1. The molecule has 2 amide bonds. The van der Waals surface area contributed by atoms with Crippen LogP contribution in [-0.2, 0) is 9.47 Å². The van der Waals surface area contributed by atoms with Crippen molar-refractivity contribution in [2.45, 2.75) is 38.8 Å². The number of pyridine rings is 1. The number of carbonyl (C=O) groups excluding carboxylic acids is 2. The highest BCUT2D eigenvalue weighted by Gasteiger charge is 2.26. The fourth-order valence-corrected chi connectivity index (χ4v) is 4.88. The molecule has 2 aliphatic rings. The molecule has 0 spiro atoms. The van der Waals surface area contributed by atoms with Crippen LogP contribution in [0.4, 0.5) is 27.7 Å². The van der Waals surface area contributed by atoms with Crippen LogP contribution >= 0.6 is 0 Å². The zero-order valence-corrected chi connectivity index (χ0v) is 23.6. The highest BCUT2D eigenvalue weighted by Crippen LogP contribution is 2.28. The first-order valence-corrected chi connectivity index (χ1v) is 13.7. The predicted molar refractivity (Wildman–Crippen MR) is 157 cm³/mol. The van der Waals surface area contributed by atoms with Gasteiger partial charge in [-0.15, -0.1) is 0 Å². The van der Waals surface area contributed by atoms with E-state index in [0.29, 0.717) is 31.1 Å². The molecule has 12 nitrogen and oxygen atoms in total. The number of anilines is 4. The minimum absolute atomic E-state index is 0.0112. The van der Waals surface area contributed by atoms with Gasteiger partial charge in [0.25, 0.3) is 5.91 Å². The molecule has 216 valence electrons. The summed E-state index contributed by atoms with van der Waals surface area (Å²) in [6, 6.07) is 9.73. The van der Waals surface area contributed by atoms with E-state index in [0.717, 1.165) is 43.0 Å². The van der Waals surface area contributed by atoms with E-state index in [1.165, 1.54) is 0 Å². The van der Waals surface area contributed by atoms with Gasteiger partial charge in [0, 0.05) is 43.6 Å². The SMILES string of the molecule is CC(C)(C)OC(=O)N[C@H]1CCN(c2ccc(-c3cnc(N)c(C(=O)Nc4cnccc4N4CCOCC4)n3)cc2)C1. The Morgan fingerprint density at radius 2 is 1.80 bits per heavy atom. The largest absolute Gasteiger partial charge is 0.444 e. The van der Waals surface area contributed by atoms with Crippen molar-refractivity contribution in [1.82, 2.24) is 20.3 Å². The number of carbonyl (C=O) groups is 2. The number of nitrogens with one attached hydrogen (secondary N) is 2. The van der Waals surface area contributed by atoms with Gasteiger partial charge in [-0.05, 0) is 45.4 Å². The van der Waals surface area contributed by atoms with Crippen molar-refractivity contribution in [1.29, 1.82) is 0 Å². The fourth-order valence-electron chi connectivity index (χ4n) is 4.88. The summed E-state index contributed by atoms with van der Waals surface area (Å²) in [4.78, 5) is 42.7. The van der Waals surface area contributed by atoms with Crippen molar-refractivity contribution >= 4 is 34.9 Å². The lowest BCUT2D eigenvalue weighted by Crippen LogP contribution is -2.40. The number of nitrogens with two attached hydrogens (primary N) is 1. The second-order valence-corrected chi connectivity index (χ2v) is 11.1. The summed E-state index contributed by atoms with van der Waals surface area (Å²) < 4.78 is 10.8. The number of alkyl carbamates (subject to hydrolysis) is 1. The number of amides is 2. The van der Waals surface area contributed by atoms with Gasteiger partial charge in [0.05, 0.1) is 48.7 Å². The van der Waals surface area contributed by atoms with Crippen LogP contribution in [0.3, 0.4) is 0 Å². The minimum Gasteiger partial charge on any atom is -0.444 e. The molecule has 2 fully saturated rings. The van der Waals surface area contributed by atoms with Crippen LogP contribution in [0.25, 0.3) is 11.3 Å². The molecule has 0 aliphatic carbocycles. The first-order valence-electron chi connectivity index (χ1n) is 13.7. The Morgan fingerprint density at radius 3 is 2.54 bits per heavy atom. The molecule has 41 heavy (non-hydrogen) atoms. The van der Waals surface area contributed by atoms with E-state index in [2.05, 4.69) is 35.4 Å². The third-order valence-corrected chi connectivity index (χ3v) is 6.85. The summed E-state index contributed by atoms with van der Waals surface area (Å²) in [6.07, 6.45) is 5.29. The third-order valence-electron chi connectivity index (χ3n) is 6.85. The smallest absolute Gasteiger partial charge is 0.407 e. The molecule has 3 aromatic rings. The normalized spacial score (nSPS) is 17.3. The van der Waals surface area contributed by atoms with Crippen LogP contribution in [0.15, 0.2) is 48.9 Å². The van der Waals surface area contributed by atoms with Gasteiger partial charge in [-0.2, -0.15) is 0 Å². The second kappa shape index (κ2) is 12.0. The Labute approximate surface area is 239 Å². The molecule has 1 atom stereocenters. The Hall–Kier alpha value is -4.45. The van der Waals surface area contributed by atoms with Gasteiger partial charge < -0.3 is 35.6 Å². The summed E-state index contributed by atoms with van der Waals surface area (Å²) in [5.41, 5.74) is 9.36. The van der Waals surface area contributed by atoms with Gasteiger partial charge in [0.1, 0.15) is 5.60 Å². The van der Waals surface area contributed by atoms with E-state index in [9.17, 15) is 9.59 Å². The average Bonchev–Trinajstić information content (AvgIpc) is 3.41. The summed E-state index contributed by atoms with van der Waals surface area (Å²) in [6.45, 7) is 9.72. The van der Waals surface area contributed by atoms with Crippen molar-refractivity contribution in [2.24, 2.45) is 0 Å². The standard InChI is InChI=1S/C29H36N8O4/c1-29(2,3)41-28(39)33-20-9-11-37(18-20)21-6-4-19(5-7-21)22-17-32-26(30)25(34-22)27(38)35-23-16-31-10-8-24(23)36-12-14-40-15-13-36/h4-8,10,16-17,20H,9,11-15,18H2,1-3H3,(H2,30,32)(H,33,39)(H,35,38)/t20-/m0/s1.